The molecule has 8 heteroatoms. The molecule has 1 saturated carbocycles. The summed E-state index contributed by atoms with van der Waals surface area (Å²) in [4.78, 5) is 14.8. The highest BCUT2D eigenvalue weighted by Gasteiger charge is 2.44. The summed E-state index contributed by atoms with van der Waals surface area (Å²) in [5.74, 6) is 0.120. The Balaban J connectivity index is 1.76. The average molecular weight is 427 g/mol. The molecule has 2 aliphatic rings. The number of nitrogens with zero attached hydrogens (tertiary/aromatic N) is 1. The van der Waals surface area contributed by atoms with Crippen LogP contribution in [0, 0.1) is 11.7 Å². The van der Waals surface area contributed by atoms with Crippen molar-refractivity contribution in [3.05, 3.63) is 35.6 Å². The van der Waals surface area contributed by atoms with Gasteiger partial charge in [-0.1, -0.05) is 31.4 Å². The molecule has 0 spiro atoms. The summed E-state index contributed by atoms with van der Waals surface area (Å²) in [5.41, 5.74) is -0.279. The van der Waals surface area contributed by atoms with Gasteiger partial charge < -0.3 is 9.64 Å². The molecular formula is C21H31FN2O4S. The number of ether oxygens (including phenoxy) is 1. The van der Waals surface area contributed by atoms with Crippen molar-refractivity contribution in [3.8, 4) is 0 Å². The van der Waals surface area contributed by atoms with Gasteiger partial charge in [0, 0.05) is 32.0 Å². The molecular weight excluding hydrogens is 395 g/mol. The summed E-state index contributed by atoms with van der Waals surface area (Å²) in [5, 5.41) is 0. The van der Waals surface area contributed by atoms with Crippen LogP contribution in [0.25, 0.3) is 0 Å². The van der Waals surface area contributed by atoms with E-state index in [1.165, 1.54) is 31.4 Å². The van der Waals surface area contributed by atoms with E-state index in [1.807, 2.05) is 4.90 Å². The highest BCUT2D eigenvalue weighted by atomic mass is 32.2. The lowest BCUT2D eigenvalue weighted by Crippen LogP contribution is -2.53. The van der Waals surface area contributed by atoms with Crippen LogP contribution in [-0.2, 0) is 20.4 Å². The van der Waals surface area contributed by atoms with Crippen LogP contribution in [-0.4, -0.2) is 44.8 Å². The van der Waals surface area contributed by atoms with Gasteiger partial charge in [-0.05, 0) is 43.4 Å². The van der Waals surface area contributed by atoms with E-state index in [2.05, 4.69) is 11.6 Å². The van der Waals surface area contributed by atoms with E-state index >= 15 is 0 Å². The number of carbonyl (C=O) groups is 1. The quantitative estimate of drug-likeness (QED) is 0.720. The van der Waals surface area contributed by atoms with Crippen LogP contribution in [0.1, 0.15) is 57.4 Å². The zero-order chi connectivity index (χ0) is 21.1. The third-order valence-electron chi connectivity index (χ3n) is 6.36. The molecule has 1 aromatic carbocycles. The molecule has 1 aliphatic heterocycles. The smallest absolute Gasteiger partial charge is 0.410 e. The third-order valence-corrected chi connectivity index (χ3v) is 7.09. The maximum Gasteiger partial charge on any atom is 0.410 e. The highest BCUT2D eigenvalue weighted by Crippen LogP contribution is 2.39. The van der Waals surface area contributed by atoms with Gasteiger partial charge in [0.05, 0.1) is 6.26 Å². The predicted octanol–water partition coefficient (Wildman–Crippen LogP) is 3.77. The van der Waals surface area contributed by atoms with Crippen molar-refractivity contribution < 1.29 is 22.3 Å². The van der Waals surface area contributed by atoms with Crippen LogP contribution in [0.3, 0.4) is 0 Å². The maximum atomic E-state index is 13.4. The van der Waals surface area contributed by atoms with Crippen LogP contribution < -0.4 is 4.72 Å². The van der Waals surface area contributed by atoms with Gasteiger partial charge in [0.2, 0.25) is 10.0 Å². The monoisotopic (exact) mass is 426 g/mol. The summed E-state index contributed by atoms with van der Waals surface area (Å²) < 4.78 is 44.8. The van der Waals surface area contributed by atoms with Crippen molar-refractivity contribution in [1.29, 1.82) is 0 Å². The number of sulfonamides is 1. The molecule has 0 bridgehead atoms. The summed E-state index contributed by atoms with van der Waals surface area (Å²) in [6.45, 7) is 2.77. The van der Waals surface area contributed by atoms with E-state index in [0.717, 1.165) is 19.1 Å². The Hall–Kier alpha value is -1.67. The molecule has 3 rings (SSSR count). The van der Waals surface area contributed by atoms with Gasteiger partial charge in [-0.3, -0.25) is 0 Å². The molecule has 1 N–H and O–H groups in total. The van der Waals surface area contributed by atoms with Crippen LogP contribution in [0.2, 0.25) is 0 Å². The van der Waals surface area contributed by atoms with Crippen molar-refractivity contribution >= 4 is 16.1 Å². The van der Waals surface area contributed by atoms with E-state index in [4.69, 9.17) is 4.74 Å². The van der Waals surface area contributed by atoms with E-state index in [1.54, 1.807) is 12.1 Å². The van der Waals surface area contributed by atoms with Crippen molar-refractivity contribution in [2.24, 2.45) is 5.92 Å². The van der Waals surface area contributed by atoms with Crippen LogP contribution >= 0.6 is 0 Å². The first kappa shape index (κ1) is 22.0. The largest absolute Gasteiger partial charge is 0.438 e. The minimum Gasteiger partial charge on any atom is -0.438 e. The molecule has 6 nitrogen and oxygen atoms in total. The molecule has 29 heavy (non-hydrogen) atoms. The predicted molar refractivity (Wildman–Crippen MR) is 109 cm³/mol. The van der Waals surface area contributed by atoms with E-state index < -0.39 is 15.6 Å². The fraction of sp³-hybridized carbons (Fsp3) is 0.667. The zero-order valence-corrected chi connectivity index (χ0v) is 18.0. The van der Waals surface area contributed by atoms with Crippen molar-refractivity contribution in [2.45, 2.75) is 63.5 Å². The molecule has 0 radical (unpaired) electrons. The fourth-order valence-corrected chi connectivity index (χ4v) is 5.10. The first-order valence-corrected chi connectivity index (χ1v) is 12.3. The number of nitrogens with one attached hydrogen (secondary N) is 1. The molecule has 1 saturated heterocycles. The van der Waals surface area contributed by atoms with Crippen molar-refractivity contribution in [2.75, 3.05) is 19.3 Å². The maximum absolute atomic E-state index is 13.4. The number of carbonyl (C=O) groups excluding carboxylic acids is 1. The molecule has 1 unspecified atom stereocenters. The van der Waals surface area contributed by atoms with Gasteiger partial charge >= 0.3 is 6.09 Å². The Kier molecular flexibility index (Phi) is 6.83. The Bertz CT molecular complexity index is 808. The first-order chi connectivity index (χ1) is 13.7. The normalized spacial score (nSPS) is 24.9. The Labute approximate surface area is 172 Å². The minimum atomic E-state index is -3.35. The number of amides is 1. The van der Waals surface area contributed by atoms with Crippen LogP contribution in [0.4, 0.5) is 9.18 Å². The van der Waals surface area contributed by atoms with Crippen molar-refractivity contribution in [1.82, 2.24) is 9.62 Å². The molecule has 1 amide bonds. The van der Waals surface area contributed by atoms with Gasteiger partial charge in [0.1, 0.15) is 11.4 Å². The summed E-state index contributed by atoms with van der Waals surface area (Å²) in [7, 11) is -3.35. The minimum absolute atomic E-state index is 0.114. The molecule has 162 valence electrons. The number of rotatable bonds is 7. The molecule has 0 aromatic heterocycles. The molecule has 2 fully saturated rings. The zero-order valence-electron chi connectivity index (χ0n) is 17.2. The number of cyclic esters (lactones) is 1. The standard InChI is InChI=1S/C21H31FN2O4S/c1-16(17-6-4-3-5-7-17)24-15-13-21(28-20(24)25,12-14-23-29(2,26)27)18-8-10-19(22)11-9-18/h8-11,16-17,23H,3-7,12-15H2,1-2H3/t16-,21?/m0/s1. The first-order valence-electron chi connectivity index (χ1n) is 10.4. The topological polar surface area (TPSA) is 75.7 Å². The Morgan fingerprint density at radius 1 is 1.24 bits per heavy atom. The third kappa shape index (κ3) is 5.48. The van der Waals surface area contributed by atoms with Gasteiger partial charge in [-0.15, -0.1) is 0 Å². The Morgan fingerprint density at radius 3 is 2.48 bits per heavy atom. The average Bonchev–Trinajstić information content (AvgIpc) is 2.68. The SMILES string of the molecule is C[C@@H](C1CCCCC1)N1CCC(CCNS(C)(=O)=O)(c2ccc(F)cc2)OC1=O. The van der Waals surface area contributed by atoms with Crippen LogP contribution in [0.15, 0.2) is 24.3 Å². The van der Waals surface area contributed by atoms with Gasteiger partial charge in [-0.25, -0.2) is 22.3 Å². The van der Waals surface area contributed by atoms with Crippen molar-refractivity contribution in [3.63, 3.8) is 0 Å². The lowest BCUT2D eigenvalue weighted by Gasteiger charge is -2.45. The second-order valence-corrected chi connectivity index (χ2v) is 10.2. The molecule has 1 heterocycles. The number of hydrogen-bond donors (Lipinski definition) is 1. The van der Waals surface area contributed by atoms with Gasteiger partial charge in [0.15, 0.2) is 0 Å². The molecule has 1 aliphatic carbocycles. The van der Waals surface area contributed by atoms with Gasteiger partial charge in [-0.2, -0.15) is 0 Å². The van der Waals surface area contributed by atoms with E-state index in [0.29, 0.717) is 30.9 Å². The lowest BCUT2D eigenvalue weighted by atomic mass is 9.82. The van der Waals surface area contributed by atoms with Gasteiger partial charge in [0.25, 0.3) is 0 Å². The number of halogens is 1. The number of hydrogen-bond acceptors (Lipinski definition) is 4. The number of benzene rings is 1. The van der Waals surface area contributed by atoms with Crippen LogP contribution in [0.5, 0.6) is 0 Å². The fourth-order valence-electron chi connectivity index (χ4n) is 4.63. The highest BCUT2D eigenvalue weighted by molar-refractivity contribution is 7.88. The van der Waals surface area contributed by atoms with E-state index in [-0.39, 0.29) is 24.5 Å². The van der Waals surface area contributed by atoms with E-state index in [9.17, 15) is 17.6 Å². The summed E-state index contributed by atoms with van der Waals surface area (Å²) >= 11 is 0. The molecule has 1 aromatic rings. The Morgan fingerprint density at radius 2 is 1.90 bits per heavy atom. The summed E-state index contributed by atoms with van der Waals surface area (Å²) in [6, 6.07) is 6.02. The molecule has 2 atom stereocenters. The lowest BCUT2D eigenvalue weighted by molar-refractivity contribution is -0.0698. The second kappa shape index (κ2) is 9.00. The second-order valence-electron chi connectivity index (χ2n) is 8.37. The summed E-state index contributed by atoms with van der Waals surface area (Å²) in [6.07, 6.45) is 7.47.